The Morgan fingerprint density at radius 2 is 1.80 bits per heavy atom. The van der Waals surface area contributed by atoms with Crippen molar-refractivity contribution in [2.24, 2.45) is 0 Å². The number of nitrogen functional groups attached to an aromatic ring is 1. The number of nitrogens with one attached hydrogen (secondary N) is 1. The molecular formula is C14H15BrN2O2S. The highest BCUT2D eigenvalue weighted by Crippen LogP contribution is 2.23. The van der Waals surface area contributed by atoms with Crippen LogP contribution >= 0.6 is 15.9 Å². The lowest BCUT2D eigenvalue weighted by Crippen LogP contribution is -2.03. The van der Waals surface area contributed by atoms with Gasteiger partial charge in [-0.2, -0.15) is 0 Å². The van der Waals surface area contributed by atoms with Gasteiger partial charge in [0.05, 0.1) is 16.3 Å². The molecule has 0 amide bonds. The minimum atomic E-state index is -3.14. The van der Waals surface area contributed by atoms with Gasteiger partial charge in [-0.1, -0.05) is 28.1 Å². The van der Waals surface area contributed by atoms with Crippen molar-refractivity contribution in [2.75, 3.05) is 17.3 Å². The molecule has 0 radical (unpaired) electrons. The van der Waals surface area contributed by atoms with Crippen molar-refractivity contribution < 1.29 is 8.42 Å². The smallest absolute Gasteiger partial charge is 0.175 e. The fourth-order valence-corrected chi connectivity index (χ4v) is 2.76. The van der Waals surface area contributed by atoms with Crippen LogP contribution in [0.15, 0.2) is 51.8 Å². The van der Waals surface area contributed by atoms with Crippen molar-refractivity contribution in [3.05, 3.63) is 52.5 Å². The lowest BCUT2D eigenvalue weighted by molar-refractivity contribution is 0.602. The molecule has 4 nitrogen and oxygen atoms in total. The molecule has 2 aromatic rings. The first-order valence-corrected chi connectivity index (χ1v) is 8.62. The van der Waals surface area contributed by atoms with Crippen LogP contribution in [0.4, 0.5) is 11.4 Å². The SMILES string of the molecule is CS(=O)(=O)c1ccc(CNc2ccc(Br)cc2N)cc1. The average Bonchev–Trinajstić information content (AvgIpc) is 2.37. The zero-order valence-electron chi connectivity index (χ0n) is 10.9. The quantitative estimate of drug-likeness (QED) is 0.827. The molecule has 0 saturated carbocycles. The second-order valence-corrected chi connectivity index (χ2v) is 7.43. The monoisotopic (exact) mass is 354 g/mol. The highest BCUT2D eigenvalue weighted by Gasteiger charge is 2.06. The molecule has 0 saturated heterocycles. The number of halogens is 1. The Morgan fingerprint density at radius 1 is 1.15 bits per heavy atom. The van der Waals surface area contributed by atoms with Gasteiger partial charge in [0.2, 0.25) is 0 Å². The van der Waals surface area contributed by atoms with E-state index in [0.717, 1.165) is 15.7 Å². The van der Waals surface area contributed by atoms with Gasteiger partial charge in [-0.3, -0.25) is 0 Å². The Bertz CT molecular complexity index is 712. The Balaban J connectivity index is 2.08. The van der Waals surface area contributed by atoms with E-state index in [0.29, 0.717) is 17.1 Å². The largest absolute Gasteiger partial charge is 0.397 e. The van der Waals surface area contributed by atoms with Gasteiger partial charge in [0.25, 0.3) is 0 Å². The van der Waals surface area contributed by atoms with Crippen molar-refractivity contribution in [2.45, 2.75) is 11.4 Å². The van der Waals surface area contributed by atoms with E-state index in [1.807, 2.05) is 18.2 Å². The molecule has 2 rings (SSSR count). The summed E-state index contributed by atoms with van der Waals surface area (Å²) >= 11 is 3.35. The molecule has 0 heterocycles. The van der Waals surface area contributed by atoms with Crippen LogP contribution in [0.2, 0.25) is 0 Å². The molecule has 6 heteroatoms. The summed E-state index contributed by atoms with van der Waals surface area (Å²) in [6.45, 7) is 0.579. The molecule has 0 bridgehead atoms. The van der Waals surface area contributed by atoms with E-state index >= 15 is 0 Å². The first kappa shape index (κ1) is 14.9. The van der Waals surface area contributed by atoms with Gasteiger partial charge in [0.15, 0.2) is 9.84 Å². The van der Waals surface area contributed by atoms with E-state index in [4.69, 9.17) is 5.73 Å². The normalized spacial score (nSPS) is 11.3. The Morgan fingerprint density at radius 3 is 2.35 bits per heavy atom. The summed E-state index contributed by atoms with van der Waals surface area (Å²) in [4.78, 5) is 0.324. The molecule has 0 fully saturated rings. The topological polar surface area (TPSA) is 72.2 Å². The zero-order chi connectivity index (χ0) is 14.8. The molecule has 106 valence electrons. The van der Waals surface area contributed by atoms with Gasteiger partial charge in [-0.05, 0) is 35.9 Å². The summed E-state index contributed by atoms with van der Waals surface area (Å²) in [7, 11) is -3.14. The molecule has 20 heavy (non-hydrogen) atoms. The lowest BCUT2D eigenvalue weighted by Gasteiger charge is -2.10. The molecule has 0 aliphatic heterocycles. The minimum Gasteiger partial charge on any atom is -0.397 e. The number of hydrogen-bond donors (Lipinski definition) is 2. The fraction of sp³-hybridized carbons (Fsp3) is 0.143. The minimum absolute atomic E-state index is 0.324. The van der Waals surface area contributed by atoms with E-state index in [1.165, 1.54) is 6.26 Å². The molecule has 0 aliphatic rings. The standard InChI is InChI=1S/C14H15BrN2O2S/c1-20(18,19)12-5-2-10(3-6-12)9-17-14-7-4-11(15)8-13(14)16/h2-8,17H,9,16H2,1H3. The Hall–Kier alpha value is -1.53. The molecule has 0 aliphatic carbocycles. The van der Waals surface area contributed by atoms with Crippen LogP contribution in [0.1, 0.15) is 5.56 Å². The Kier molecular flexibility index (Phi) is 4.35. The molecule has 0 unspecified atom stereocenters. The van der Waals surface area contributed by atoms with E-state index in [9.17, 15) is 8.42 Å². The summed E-state index contributed by atoms with van der Waals surface area (Å²) in [5.74, 6) is 0. The van der Waals surface area contributed by atoms with Crippen LogP contribution in [-0.2, 0) is 16.4 Å². The van der Waals surface area contributed by atoms with E-state index in [-0.39, 0.29) is 0 Å². The maximum absolute atomic E-state index is 11.4. The maximum Gasteiger partial charge on any atom is 0.175 e. The second-order valence-electron chi connectivity index (χ2n) is 4.50. The van der Waals surface area contributed by atoms with Gasteiger partial charge >= 0.3 is 0 Å². The predicted octanol–water partition coefficient (Wildman–Crippen LogP) is 3.05. The average molecular weight is 355 g/mol. The lowest BCUT2D eigenvalue weighted by atomic mass is 10.2. The number of nitrogens with two attached hydrogens (primary N) is 1. The molecule has 0 aromatic heterocycles. The van der Waals surface area contributed by atoms with Crippen LogP contribution in [0.25, 0.3) is 0 Å². The van der Waals surface area contributed by atoms with E-state index in [1.54, 1.807) is 24.3 Å². The highest BCUT2D eigenvalue weighted by molar-refractivity contribution is 9.10. The van der Waals surface area contributed by atoms with Gasteiger partial charge in [0, 0.05) is 17.3 Å². The van der Waals surface area contributed by atoms with Gasteiger partial charge in [-0.15, -0.1) is 0 Å². The predicted molar refractivity (Wildman–Crippen MR) is 85.4 cm³/mol. The number of rotatable bonds is 4. The maximum atomic E-state index is 11.4. The van der Waals surface area contributed by atoms with Gasteiger partial charge in [0.1, 0.15) is 0 Å². The third-order valence-corrected chi connectivity index (χ3v) is 4.47. The molecule has 0 atom stereocenters. The fourth-order valence-electron chi connectivity index (χ4n) is 1.75. The van der Waals surface area contributed by atoms with Crippen LogP contribution in [0, 0.1) is 0 Å². The number of benzene rings is 2. The van der Waals surface area contributed by atoms with Gasteiger partial charge in [-0.25, -0.2) is 8.42 Å². The number of hydrogen-bond acceptors (Lipinski definition) is 4. The van der Waals surface area contributed by atoms with Crippen molar-refractivity contribution in [1.29, 1.82) is 0 Å². The highest BCUT2D eigenvalue weighted by atomic mass is 79.9. The second kappa shape index (κ2) is 5.85. The third-order valence-electron chi connectivity index (χ3n) is 2.85. The van der Waals surface area contributed by atoms with Crippen molar-refractivity contribution in [3.8, 4) is 0 Å². The summed E-state index contributed by atoms with van der Waals surface area (Å²) in [6, 6.07) is 12.4. The molecular weight excluding hydrogens is 340 g/mol. The molecule has 0 spiro atoms. The third kappa shape index (κ3) is 3.74. The van der Waals surface area contributed by atoms with Crippen LogP contribution in [0.5, 0.6) is 0 Å². The van der Waals surface area contributed by atoms with Crippen molar-refractivity contribution in [3.63, 3.8) is 0 Å². The van der Waals surface area contributed by atoms with Crippen LogP contribution in [-0.4, -0.2) is 14.7 Å². The van der Waals surface area contributed by atoms with Crippen LogP contribution < -0.4 is 11.1 Å². The summed E-state index contributed by atoms with van der Waals surface area (Å²) in [5, 5.41) is 3.22. The Labute approximate surface area is 127 Å². The summed E-state index contributed by atoms with van der Waals surface area (Å²) in [5.41, 5.74) is 8.39. The first-order chi connectivity index (χ1) is 9.36. The number of anilines is 2. The van der Waals surface area contributed by atoms with E-state index < -0.39 is 9.84 Å². The molecule has 2 aromatic carbocycles. The summed E-state index contributed by atoms with van der Waals surface area (Å²) in [6.07, 6.45) is 1.20. The van der Waals surface area contributed by atoms with Crippen LogP contribution in [0.3, 0.4) is 0 Å². The van der Waals surface area contributed by atoms with Crippen molar-refractivity contribution >= 4 is 37.1 Å². The van der Waals surface area contributed by atoms with Crippen molar-refractivity contribution in [1.82, 2.24) is 0 Å². The van der Waals surface area contributed by atoms with E-state index in [2.05, 4.69) is 21.2 Å². The first-order valence-electron chi connectivity index (χ1n) is 5.94. The van der Waals surface area contributed by atoms with Gasteiger partial charge < -0.3 is 11.1 Å². The number of sulfone groups is 1. The zero-order valence-corrected chi connectivity index (χ0v) is 13.3. The summed E-state index contributed by atoms with van der Waals surface area (Å²) < 4.78 is 23.7. The molecule has 3 N–H and O–H groups in total.